The van der Waals surface area contributed by atoms with Crippen LogP contribution in [0.25, 0.3) is 0 Å². The molecule has 0 radical (unpaired) electrons. The van der Waals surface area contributed by atoms with E-state index >= 15 is 0 Å². The van der Waals surface area contributed by atoms with Crippen LogP contribution in [0.15, 0.2) is 0 Å². The summed E-state index contributed by atoms with van der Waals surface area (Å²) in [5, 5.41) is 12.3. The summed E-state index contributed by atoms with van der Waals surface area (Å²) in [6, 6.07) is 0.273. The van der Waals surface area contributed by atoms with Crippen LogP contribution in [0, 0.1) is 5.92 Å². The van der Waals surface area contributed by atoms with Gasteiger partial charge in [-0.05, 0) is 32.1 Å². The van der Waals surface area contributed by atoms with Crippen LogP contribution < -0.4 is 11.1 Å². The third-order valence-electron chi connectivity index (χ3n) is 3.28. The van der Waals surface area contributed by atoms with Crippen LogP contribution in [0.1, 0.15) is 45.4 Å². The van der Waals surface area contributed by atoms with Gasteiger partial charge in [-0.3, -0.25) is 4.79 Å². The molecule has 0 aromatic heterocycles. The van der Waals surface area contributed by atoms with E-state index in [1.807, 2.05) is 6.92 Å². The fraction of sp³-hybridized carbons (Fsp3) is 0.917. The van der Waals surface area contributed by atoms with Crippen LogP contribution in [0.4, 0.5) is 0 Å². The highest BCUT2D eigenvalue weighted by atomic mass is 16.3. The Hall–Kier alpha value is -0.610. The minimum absolute atomic E-state index is 0.0852. The minimum Gasteiger partial charge on any atom is -0.391 e. The lowest BCUT2D eigenvalue weighted by Crippen LogP contribution is -2.39. The zero-order chi connectivity index (χ0) is 12.0. The number of aliphatic hydroxyl groups is 1. The number of nitrogens with two attached hydrogens (primary N) is 1. The lowest BCUT2D eigenvalue weighted by molar-refractivity contribution is -0.126. The predicted octanol–water partition coefficient (Wildman–Crippen LogP) is 0.781. The van der Waals surface area contributed by atoms with Crippen molar-refractivity contribution < 1.29 is 9.90 Å². The molecule has 94 valence electrons. The summed E-state index contributed by atoms with van der Waals surface area (Å²) < 4.78 is 0. The molecule has 4 N–H and O–H groups in total. The maximum atomic E-state index is 11.8. The normalized spacial score (nSPS) is 27.4. The van der Waals surface area contributed by atoms with Crippen molar-refractivity contribution in [2.24, 2.45) is 11.7 Å². The molecule has 0 heterocycles. The van der Waals surface area contributed by atoms with Crippen LogP contribution in [0.2, 0.25) is 0 Å². The molecule has 1 saturated carbocycles. The summed E-state index contributed by atoms with van der Waals surface area (Å²) in [4.78, 5) is 11.8. The van der Waals surface area contributed by atoms with Gasteiger partial charge in [0.25, 0.3) is 0 Å². The molecule has 1 aliphatic rings. The van der Waals surface area contributed by atoms with Crippen molar-refractivity contribution in [3.63, 3.8) is 0 Å². The molecular formula is C12H24N2O2. The molecule has 4 nitrogen and oxygen atoms in total. The van der Waals surface area contributed by atoms with E-state index in [1.165, 1.54) is 0 Å². The SMILES string of the molecule is CCCC(O)CNC(=O)C1CCC(N)CC1. The summed E-state index contributed by atoms with van der Waals surface area (Å²) >= 11 is 0. The van der Waals surface area contributed by atoms with Gasteiger partial charge in [0, 0.05) is 18.5 Å². The first-order valence-corrected chi connectivity index (χ1v) is 6.34. The lowest BCUT2D eigenvalue weighted by atomic mass is 9.86. The van der Waals surface area contributed by atoms with Crippen molar-refractivity contribution in [1.29, 1.82) is 0 Å². The Labute approximate surface area is 97.6 Å². The zero-order valence-corrected chi connectivity index (χ0v) is 10.1. The zero-order valence-electron chi connectivity index (χ0n) is 10.1. The van der Waals surface area contributed by atoms with E-state index < -0.39 is 6.10 Å². The van der Waals surface area contributed by atoms with E-state index in [4.69, 9.17) is 5.73 Å². The Morgan fingerprint density at radius 1 is 1.44 bits per heavy atom. The van der Waals surface area contributed by atoms with Gasteiger partial charge in [0.15, 0.2) is 0 Å². The summed E-state index contributed by atoms with van der Waals surface area (Å²) in [5.74, 6) is 0.190. The van der Waals surface area contributed by atoms with Crippen molar-refractivity contribution in [2.45, 2.75) is 57.6 Å². The molecule has 0 aliphatic heterocycles. The molecule has 1 rings (SSSR count). The van der Waals surface area contributed by atoms with E-state index in [0.29, 0.717) is 6.54 Å². The number of rotatable bonds is 5. The summed E-state index contributed by atoms with van der Waals surface area (Å²) in [5.41, 5.74) is 5.79. The second kappa shape index (κ2) is 6.86. The molecule has 1 unspecified atom stereocenters. The van der Waals surface area contributed by atoms with Gasteiger partial charge in [-0.25, -0.2) is 0 Å². The third-order valence-corrected chi connectivity index (χ3v) is 3.28. The van der Waals surface area contributed by atoms with E-state index in [-0.39, 0.29) is 17.9 Å². The fourth-order valence-corrected chi connectivity index (χ4v) is 2.18. The molecule has 1 aliphatic carbocycles. The smallest absolute Gasteiger partial charge is 0.223 e. The second-order valence-electron chi connectivity index (χ2n) is 4.80. The Morgan fingerprint density at radius 3 is 2.62 bits per heavy atom. The Bertz CT molecular complexity index is 213. The van der Waals surface area contributed by atoms with E-state index in [1.54, 1.807) is 0 Å². The van der Waals surface area contributed by atoms with Crippen molar-refractivity contribution in [3.05, 3.63) is 0 Å². The maximum absolute atomic E-state index is 11.8. The predicted molar refractivity (Wildman–Crippen MR) is 63.9 cm³/mol. The Morgan fingerprint density at radius 2 is 2.06 bits per heavy atom. The number of aliphatic hydroxyl groups excluding tert-OH is 1. The van der Waals surface area contributed by atoms with Crippen LogP contribution in [-0.4, -0.2) is 29.7 Å². The van der Waals surface area contributed by atoms with Crippen LogP contribution in [0.3, 0.4) is 0 Å². The molecule has 0 saturated heterocycles. The number of hydrogen-bond donors (Lipinski definition) is 3. The van der Waals surface area contributed by atoms with Crippen LogP contribution in [0.5, 0.6) is 0 Å². The van der Waals surface area contributed by atoms with Crippen molar-refractivity contribution in [1.82, 2.24) is 5.32 Å². The Balaban J connectivity index is 2.19. The molecular weight excluding hydrogens is 204 g/mol. The Kier molecular flexibility index (Phi) is 5.77. The van der Waals surface area contributed by atoms with Gasteiger partial charge in [0.05, 0.1) is 6.10 Å². The van der Waals surface area contributed by atoms with Crippen LogP contribution in [-0.2, 0) is 4.79 Å². The van der Waals surface area contributed by atoms with Gasteiger partial charge in [0.2, 0.25) is 5.91 Å². The molecule has 1 atom stereocenters. The number of carbonyl (C=O) groups excluding carboxylic acids is 1. The van der Waals surface area contributed by atoms with Gasteiger partial charge < -0.3 is 16.2 Å². The topological polar surface area (TPSA) is 75.3 Å². The first-order valence-electron chi connectivity index (χ1n) is 6.34. The van der Waals surface area contributed by atoms with E-state index in [2.05, 4.69) is 5.32 Å². The van der Waals surface area contributed by atoms with Crippen molar-refractivity contribution in [3.8, 4) is 0 Å². The lowest BCUT2D eigenvalue weighted by Gasteiger charge is -2.25. The first-order chi connectivity index (χ1) is 7.63. The minimum atomic E-state index is -0.403. The highest BCUT2D eigenvalue weighted by Gasteiger charge is 2.24. The number of amides is 1. The van der Waals surface area contributed by atoms with Gasteiger partial charge >= 0.3 is 0 Å². The highest BCUT2D eigenvalue weighted by molar-refractivity contribution is 5.78. The molecule has 16 heavy (non-hydrogen) atoms. The van der Waals surface area contributed by atoms with Crippen molar-refractivity contribution in [2.75, 3.05) is 6.54 Å². The molecule has 0 aromatic carbocycles. The molecule has 0 spiro atoms. The molecule has 0 bridgehead atoms. The summed E-state index contributed by atoms with van der Waals surface area (Å²) in [7, 11) is 0. The van der Waals surface area contributed by atoms with E-state index in [9.17, 15) is 9.90 Å². The highest BCUT2D eigenvalue weighted by Crippen LogP contribution is 2.23. The van der Waals surface area contributed by atoms with Gasteiger partial charge in [-0.2, -0.15) is 0 Å². The number of carbonyl (C=O) groups is 1. The van der Waals surface area contributed by atoms with E-state index in [0.717, 1.165) is 38.5 Å². The molecule has 0 aromatic rings. The monoisotopic (exact) mass is 228 g/mol. The number of hydrogen-bond acceptors (Lipinski definition) is 3. The second-order valence-corrected chi connectivity index (χ2v) is 4.80. The quantitative estimate of drug-likeness (QED) is 0.651. The molecule has 4 heteroatoms. The standard InChI is InChI=1S/C12H24N2O2/c1-2-3-11(15)8-14-12(16)9-4-6-10(13)7-5-9/h9-11,15H,2-8,13H2,1H3,(H,14,16). The maximum Gasteiger partial charge on any atom is 0.223 e. The van der Waals surface area contributed by atoms with Crippen molar-refractivity contribution >= 4 is 5.91 Å². The fourth-order valence-electron chi connectivity index (χ4n) is 2.18. The summed E-state index contributed by atoms with van der Waals surface area (Å²) in [6.07, 6.45) is 4.93. The number of nitrogens with one attached hydrogen (secondary N) is 1. The average Bonchev–Trinajstić information content (AvgIpc) is 2.27. The third kappa shape index (κ3) is 4.49. The molecule has 1 fully saturated rings. The molecule has 1 amide bonds. The largest absolute Gasteiger partial charge is 0.391 e. The van der Waals surface area contributed by atoms with Gasteiger partial charge in [0.1, 0.15) is 0 Å². The average molecular weight is 228 g/mol. The summed E-state index contributed by atoms with van der Waals surface area (Å²) in [6.45, 7) is 2.41. The first kappa shape index (κ1) is 13.5. The van der Waals surface area contributed by atoms with Crippen LogP contribution >= 0.6 is 0 Å². The van der Waals surface area contributed by atoms with Gasteiger partial charge in [-0.15, -0.1) is 0 Å². The van der Waals surface area contributed by atoms with Gasteiger partial charge in [-0.1, -0.05) is 13.3 Å².